The first kappa shape index (κ1) is 17.0. The molecule has 7 heteroatoms. The van der Waals surface area contributed by atoms with Crippen molar-refractivity contribution in [3.05, 3.63) is 70.4 Å². The molecule has 0 saturated heterocycles. The maximum Gasteiger partial charge on any atom is 0.279 e. The molecular weight excluding hydrogens is 342 g/mol. The highest BCUT2D eigenvalue weighted by atomic mass is 16.5. The van der Waals surface area contributed by atoms with Crippen molar-refractivity contribution in [1.82, 2.24) is 24.7 Å². The summed E-state index contributed by atoms with van der Waals surface area (Å²) < 4.78 is 7.42. The summed E-state index contributed by atoms with van der Waals surface area (Å²) in [6, 6.07) is 13.2. The number of aryl methyl sites for hydroxylation is 1. The normalized spacial score (nSPS) is 11.0. The van der Waals surface area contributed by atoms with Gasteiger partial charge in [0.1, 0.15) is 17.1 Å². The van der Waals surface area contributed by atoms with Crippen LogP contribution in [-0.4, -0.2) is 31.3 Å². The molecule has 0 bridgehead atoms. The van der Waals surface area contributed by atoms with Gasteiger partial charge in [0, 0.05) is 6.20 Å². The zero-order valence-corrected chi connectivity index (χ0v) is 15.1. The third-order valence-electron chi connectivity index (χ3n) is 4.33. The van der Waals surface area contributed by atoms with Crippen LogP contribution in [0.5, 0.6) is 5.75 Å². The van der Waals surface area contributed by atoms with E-state index >= 15 is 0 Å². The van der Waals surface area contributed by atoms with Crippen molar-refractivity contribution >= 4 is 11.0 Å². The second-order valence-electron chi connectivity index (χ2n) is 6.11. The smallest absolute Gasteiger partial charge is 0.279 e. The Bertz CT molecular complexity index is 1150. The predicted molar refractivity (Wildman–Crippen MR) is 103 cm³/mol. The summed E-state index contributed by atoms with van der Waals surface area (Å²) >= 11 is 0. The number of para-hydroxylation sites is 1. The first-order chi connectivity index (χ1) is 13.2. The third-order valence-corrected chi connectivity index (χ3v) is 4.33. The van der Waals surface area contributed by atoms with Crippen molar-refractivity contribution in [2.45, 2.75) is 20.4 Å². The molecule has 3 aromatic heterocycles. The van der Waals surface area contributed by atoms with Gasteiger partial charge in [0.25, 0.3) is 5.56 Å². The Balaban J connectivity index is 1.83. The first-order valence-corrected chi connectivity index (χ1v) is 8.77. The Morgan fingerprint density at radius 2 is 1.93 bits per heavy atom. The molecule has 0 amide bonds. The molecule has 1 N–H and O–H groups in total. The number of rotatable bonds is 5. The Hall–Kier alpha value is -3.48. The lowest BCUT2D eigenvalue weighted by atomic mass is 10.2. The van der Waals surface area contributed by atoms with Crippen molar-refractivity contribution in [2.24, 2.45) is 0 Å². The SMILES string of the molecule is CCOc1ccccc1-c1nc2c(C)n(Cc3ccccn3)nc2c(=O)[nH]1. The second kappa shape index (κ2) is 7.03. The lowest BCUT2D eigenvalue weighted by molar-refractivity contribution is 0.341. The second-order valence-corrected chi connectivity index (χ2v) is 6.11. The van der Waals surface area contributed by atoms with Crippen LogP contribution < -0.4 is 10.3 Å². The van der Waals surface area contributed by atoms with E-state index in [0.717, 1.165) is 17.0 Å². The van der Waals surface area contributed by atoms with E-state index in [1.807, 2.05) is 56.3 Å². The van der Waals surface area contributed by atoms with Gasteiger partial charge in [-0.2, -0.15) is 5.10 Å². The summed E-state index contributed by atoms with van der Waals surface area (Å²) in [6.07, 6.45) is 1.74. The van der Waals surface area contributed by atoms with E-state index < -0.39 is 0 Å². The lowest BCUT2D eigenvalue weighted by Crippen LogP contribution is -2.10. The van der Waals surface area contributed by atoms with Crippen molar-refractivity contribution in [2.75, 3.05) is 6.61 Å². The van der Waals surface area contributed by atoms with Crippen molar-refractivity contribution in [3.8, 4) is 17.1 Å². The molecular formula is C20H19N5O2. The highest BCUT2D eigenvalue weighted by molar-refractivity contribution is 5.79. The van der Waals surface area contributed by atoms with Gasteiger partial charge in [0.2, 0.25) is 0 Å². The van der Waals surface area contributed by atoms with E-state index in [1.165, 1.54) is 0 Å². The van der Waals surface area contributed by atoms with Crippen LogP contribution in [0.2, 0.25) is 0 Å². The Morgan fingerprint density at radius 3 is 2.70 bits per heavy atom. The molecule has 7 nitrogen and oxygen atoms in total. The van der Waals surface area contributed by atoms with Gasteiger partial charge in [-0.3, -0.25) is 14.5 Å². The van der Waals surface area contributed by atoms with Crippen LogP contribution in [0.4, 0.5) is 0 Å². The standard InChI is InChI=1S/C20H19N5O2/c1-3-27-16-10-5-4-9-15(16)19-22-17-13(2)25(24-18(17)20(26)23-19)12-14-8-6-7-11-21-14/h4-11H,3,12H2,1-2H3,(H,22,23,26). The molecule has 4 rings (SSSR count). The highest BCUT2D eigenvalue weighted by Crippen LogP contribution is 2.27. The highest BCUT2D eigenvalue weighted by Gasteiger charge is 2.16. The molecule has 0 fully saturated rings. The number of fused-ring (bicyclic) bond motifs is 1. The fourth-order valence-corrected chi connectivity index (χ4v) is 3.00. The van der Waals surface area contributed by atoms with E-state index in [9.17, 15) is 4.79 Å². The molecule has 0 radical (unpaired) electrons. The zero-order chi connectivity index (χ0) is 18.8. The van der Waals surface area contributed by atoms with Crippen molar-refractivity contribution in [1.29, 1.82) is 0 Å². The van der Waals surface area contributed by atoms with Gasteiger partial charge in [-0.15, -0.1) is 0 Å². The molecule has 0 aliphatic rings. The van der Waals surface area contributed by atoms with Gasteiger partial charge in [-0.25, -0.2) is 4.98 Å². The number of benzene rings is 1. The Labute approximate surface area is 155 Å². The van der Waals surface area contributed by atoms with Gasteiger partial charge in [-0.1, -0.05) is 18.2 Å². The maximum absolute atomic E-state index is 12.6. The van der Waals surface area contributed by atoms with Crippen molar-refractivity contribution in [3.63, 3.8) is 0 Å². The number of aromatic nitrogens is 5. The molecule has 27 heavy (non-hydrogen) atoms. The number of hydrogen-bond donors (Lipinski definition) is 1. The number of nitrogens with zero attached hydrogens (tertiary/aromatic N) is 4. The summed E-state index contributed by atoms with van der Waals surface area (Å²) in [6.45, 7) is 4.84. The number of hydrogen-bond acceptors (Lipinski definition) is 5. The van der Waals surface area contributed by atoms with E-state index in [0.29, 0.717) is 35.8 Å². The molecule has 0 spiro atoms. The van der Waals surface area contributed by atoms with Crippen LogP contribution in [0, 0.1) is 6.92 Å². The fraction of sp³-hybridized carbons (Fsp3) is 0.200. The third kappa shape index (κ3) is 3.19. The molecule has 0 aliphatic carbocycles. The van der Waals surface area contributed by atoms with Crippen molar-refractivity contribution < 1.29 is 4.74 Å². The largest absolute Gasteiger partial charge is 0.493 e. The topological polar surface area (TPSA) is 85.7 Å². The van der Waals surface area contributed by atoms with Crippen LogP contribution in [0.15, 0.2) is 53.5 Å². The van der Waals surface area contributed by atoms with Gasteiger partial charge < -0.3 is 9.72 Å². The molecule has 0 saturated carbocycles. The molecule has 136 valence electrons. The minimum Gasteiger partial charge on any atom is -0.493 e. The molecule has 4 aromatic rings. The number of H-pyrrole nitrogens is 1. The van der Waals surface area contributed by atoms with E-state index in [1.54, 1.807) is 10.9 Å². The summed E-state index contributed by atoms with van der Waals surface area (Å²) in [7, 11) is 0. The molecule has 0 aliphatic heterocycles. The Morgan fingerprint density at radius 1 is 1.11 bits per heavy atom. The minimum atomic E-state index is -0.274. The van der Waals surface area contributed by atoms with Crippen LogP contribution in [0.25, 0.3) is 22.4 Å². The Kier molecular flexibility index (Phi) is 4.42. The first-order valence-electron chi connectivity index (χ1n) is 8.77. The number of aromatic amines is 1. The summed E-state index contributed by atoms with van der Waals surface area (Å²) in [5, 5.41) is 4.44. The number of ether oxygens (including phenoxy) is 1. The molecule has 0 unspecified atom stereocenters. The molecule has 3 heterocycles. The van der Waals surface area contributed by atoms with Crippen LogP contribution in [-0.2, 0) is 6.54 Å². The average molecular weight is 361 g/mol. The lowest BCUT2D eigenvalue weighted by Gasteiger charge is -2.09. The van der Waals surface area contributed by atoms with Gasteiger partial charge in [0.05, 0.1) is 30.1 Å². The van der Waals surface area contributed by atoms with E-state index in [2.05, 4.69) is 20.1 Å². The summed E-state index contributed by atoms with van der Waals surface area (Å²) in [5.41, 5.74) is 3.06. The summed E-state index contributed by atoms with van der Waals surface area (Å²) in [5.74, 6) is 1.15. The maximum atomic E-state index is 12.6. The van der Waals surface area contributed by atoms with Crippen LogP contribution in [0.3, 0.4) is 0 Å². The van der Waals surface area contributed by atoms with Crippen LogP contribution >= 0.6 is 0 Å². The molecule has 1 aromatic carbocycles. The predicted octanol–water partition coefficient (Wildman–Crippen LogP) is 2.94. The minimum absolute atomic E-state index is 0.274. The van der Waals surface area contributed by atoms with Gasteiger partial charge in [0.15, 0.2) is 5.52 Å². The van der Waals surface area contributed by atoms with Gasteiger partial charge in [-0.05, 0) is 38.1 Å². The summed E-state index contributed by atoms with van der Waals surface area (Å²) in [4.78, 5) is 24.5. The number of nitrogens with one attached hydrogen (secondary N) is 1. The monoisotopic (exact) mass is 361 g/mol. The average Bonchev–Trinajstić information content (AvgIpc) is 3.00. The zero-order valence-electron chi connectivity index (χ0n) is 15.1. The van der Waals surface area contributed by atoms with E-state index in [4.69, 9.17) is 4.74 Å². The number of pyridine rings is 1. The quantitative estimate of drug-likeness (QED) is 0.591. The molecule has 0 atom stereocenters. The van der Waals surface area contributed by atoms with Crippen LogP contribution in [0.1, 0.15) is 18.3 Å². The van der Waals surface area contributed by atoms with Gasteiger partial charge >= 0.3 is 0 Å². The van der Waals surface area contributed by atoms with E-state index in [-0.39, 0.29) is 5.56 Å². The fourth-order valence-electron chi connectivity index (χ4n) is 3.00.